The molecular weight excluding hydrogens is 204 g/mol. The Balaban J connectivity index is 2.05. The van der Waals surface area contributed by atoms with Gasteiger partial charge in [0.15, 0.2) is 0 Å². The molecule has 0 atom stereocenters. The molecule has 1 saturated carbocycles. The highest BCUT2D eigenvalue weighted by molar-refractivity contribution is 5.97. The zero-order valence-corrected chi connectivity index (χ0v) is 9.23. The van der Waals surface area contributed by atoms with E-state index in [1.807, 2.05) is 6.92 Å². The normalized spacial score (nSPS) is 17.2. The van der Waals surface area contributed by atoms with Crippen molar-refractivity contribution in [2.45, 2.75) is 32.7 Å². The van der Waals surface area contributed by atoms with Crippen LogP contribution < -0.4 is 5.32 Å². The van der Waals surface area contributed by atoms with Crippen LogP contribution in [0.15, 0.2) is 12.4 Å². The molecule has 1 aromatic heterocycles. The molecule has 0 aromatic carbocycles. The van der Waals surface area contributed by atoms with Crippen molar-refractivity contribution in [1.29, 1.82) is 5.26 Å². The molecule has 1 N–H and O–H groups in total. The lowest BCUT2D eigenvalue weighted by Crippen LogP contribution is -2.40. The first-order chi connectivity index (χ1) is 7.70. The third-order valence-electron chi connectivity index (χ3n) is 3.07. The first-order valence-corrected chi connectivity index (χ1v) is 5.45. The van der Waals surface area contributed by atoms with E-state index in [9.17, 15) is 4.79 Å². The molecule has 5 nitrogen and oxygen atoms in total. The second-order valence-corrected chi connectivity index (χ2v) is 4.09. The summed E-state index contributed by atoms with van der Waals surface area (Å²) in [6.45, 7) is 2.74. The van der Waals surface area contributed by atoms with Gasteiger partial charge in [0.25, 0.3) is 0 Å². The molecule has 2 rings (SSSR count). The van der Waals surface area contributed by atoms with Crippen LogP contribution in [-0.2, 0) is 11.3 Å². The van der Waals surface area contributed by atoms with Crippen LogP contribution in [0.2, 0.25) is 0 Å². The molecule has 1 heterocycles. The lowest BCUT2D eigenvalue weighted by atomic mass is 9.69. The molecular formula is C11H14N4O. The Morgan fingerprint density at radius 3 is 2.94 bits per heavy atom. The van der Waals surface area contributed by atoms with Gasteiger partial charge in [-0.15, -0.1) is 0 Å². The Morgan fingerprint density at radius 1 is 1.75 bits per heavy atom. The number of hydrogen-bond donors (Lipinski definition) is 1. The summed E-state index contributed by atoms with van der Waals surface area (Å²) in [7, 11) is 0. The summed E-state index contributed by atoms with van der Waals surface area (Å²) >= 11 is 0. The van der Waals surface area contributed by atoms with E-state index in [0.717, 1.165) is 13.0 Å². The van der Waals surface area contributed by atoms with Crippen LogP contribution in [0.1, 0.15) is 26.2 Å². The zero-order valence-electron chi connectivity index (χ0n) is 9.23. The molecule has 84 valence electrons. The number of nitriles is 1. The van der Waals surface area contributed by atoms with Crippen molar-refractivity contribution in [1.82, 2.24) is 9.78 Å². The van der Waals surface area contributed by atoms with Gasteiger partial charge in [0.05, 0.1) is 18.0 Å². The molecule has 16 heavy (non-hydrogen) atoms. The number of rotatable bonds is 3. The van der Waals surface area contributed by atoms with Crippen LogP contribution in [0.3, 0.4) is 0 Å². The lowest BCUT2D eigenvalue weighted by Gasteiger charge is -2.33. The number of amides is 1. The maximum absolute atomic E-state index is 11.9. The van der Waals surface area contributed by atoms with Crippen LogP contribution in [-0.4, -0.2) is 15.7 Å². The first-order valence-electron chi connectivity index (χ1n) is 5.45. The fraction of sp³-hybridized carbons (Fsp3) is 0.545. The van der Waals surface area contributed by atoms with Gasteiger partial charge in [-0.3, -0.25) is 9.48 Å². The van der Waals surface area contributed by atoms with E-state index in [1.54, 1.807) is 17.1 Å². The van der Waals surface area contributed by atoms with E-state index in [4.69, 9.17) is 5.26 Å². The van der Waals surface area contributed by atoms with Gasteiger partial charge in [0.1, 0.15) is 5.41 Å². The Hall–Kier alpha value is -1.83. The second-order valence-electron chi connectivity index (χ2n) is 4.09. The maximum atomic E-state index is 11.9. The Labute approximate surface area is 94.1 Å². The summed E-state index contributed by atoms with van der Waals surface area (Å²) in [5, 5.41) is 15.8. The Bertz CT molecular complexity index is 439. The van der Waals surface area contributed by atoms with E-state index >= 15 is 0 Å². The third kappa shape index (κ3) is 1.67. The number of nitrogens with one attached hydrogen (secondary N) is 1. The smallest absolute Gasteiger partial charge is 0.244 e. The summed E-state index contributed by atoms with van der Waals surface area (Å²) in [6, 6.07) is 2.12. The first kappa shape index (κ1) is 10.7. The van der Waals surface area contributed by atoms with Gasteiger partial charge in [0, 0.05) is 12.7 Å². The topological polar surface area (TPSA) is 70.7 Å². The minimum absolute atomic E-state index is 0.197. The van der Waals surface area contributed by atoms with E-state index in [-0.39, 0.29) is 5.91 Å². The van der Waals surface area contributed by atoms with Crippen molar-refractivity contribution in [2.24, 2.45) is 5.41 Å². The average molecular weight is 218 g/mol. The monoisotopic (exact) mass is 218 g/mol. The number of nitrogens with zero attached hydrogens (tertiary/aromatic N) is 3. The summed E-state index contributed by atoms with van der Waals surface area (Å²) < 4.78 is 1.73. The molecule has 1 amide bonds. The molecule has 0 radical (unpaired) electrons. The number of aryl methyl sites for hydroxylation is 1. The van der Waals surface area contributed by atoms with Crippen LogP contribution in [0.4, 0.5) is 5.69 Å². The standard InChI is InChI=1S/C11H14N4O/c1-2-15-7-9(6-13-15)14-10(16)11(8-12)4-3-5-11/h6-7H,2-5H2,1H3,(H,14,16). The van der Waals surface area contributed by atoms with Crippen LogP contribution in [0.25, 0.3) is 0 Å². The summed E-state index contributed by atoms with van der Waals surface area (Å²) in [6.07, 6.45) is 5.65. The largest absolute Gasteiger partial charge is 0.322 e. The fourth-order valence-corrected chi connectivity index (χ4v) is 1.77. The van der Waals surface area contributed by atoms with Gasteiger partial charge in [-0.1, -0.05) is 0 Å². The number of aromatic nitrogens is 2. The SMILES string of the molecule is CCn1cc(NC(=O)C2(C#N)CCC2)cn1. The van der Waals surface area contributed by atoms with Crippen molar-refractivity contribution in [3.8, 4) is 6.07 Å². The second kappa shape index (κ2) is 3.97. The zero-order chi connectivity index (χ0) is 11.6. The molecule has 5 heteroatoms. The molecule has 1 aliphatic rings. The molecule has 0 saturated heterocycles. The molecule has 0 spiro atoms. The molecule has 1 aromatic rings. The molecule has 1 aliphatic carbocycles. The van der Waals surface area contributed by atoms with Gasteiger partial charge < -0.3 is 5.32 Å². The average Bonchev–Trinajstić information content (AvgIpc) is 2.64. The quantitative estimate of drug-likeness (QED) is 0.836. The predicted octanol–water partition coefficient (Wildman–Crippen LogP) is 1.54. The van der Waals surface area contributed by atoms with Crippen molar-refractivity contribution < 1.29 is 4.79 Å². The minimum Gasteiger partial charge on any atom is -0.322 e. The highest BCUT2D eigenvalue weighted by Gasteiger charge is 2.44. The van der Waals surface area contributed by atoms with E-state index in [0.29, 0.717) is 18.5 Å². The molecule has 0 unspecified atom stereocenters. The maximum Gasteiger partial charge on any atom is 0.244 e. The van der Waals surface area contributed by atoms with Crippen LogP contribution >= 0.6 is 0 Å². The van der Waals surface area contributed by atoms with Gasteiger partial charge in [-0.2, -0.15) is 10.4 Å². The fourth-order valence-electron chi connectivity index (χ4n) is 1.77. The summed E-state index contributed by atoms with van der Waals surface area (Å²) in [5.74, 6) is -0.197. The van der Waals surface area contributed by atoms with E-state index in [1.165, 1.54) is 0 Å². The van der Waals surface area contributed by atoms with Crippen LogP contribution in [0, 0.1) is 16.7 Å². The lowest BCUT2D eigenvalue weighted by molar-refractivity contribution is -0.126. The van der Waals surface area contributed by atoms with Crippen LogP contribution in [0.5, 0.6) is 0 Å². The number of carbonyl (C=O) groups is 1. The van der Waals surface area contributed by atoms with Gasteiger partial charge in [-0.05, 0) is 26.2 Å². The van der Waals surface area contributed by atoms with Crippen molar-refractivity contribution >= 4 is 11.6 Å². The van der Waals surface area contributed by atoms with Gasteiger partial charge in [0.2, 0.25) is 5.91 Å². The van der Waals surface area contributed by atoms with Gasteiger partial charge >= 0.3 is 0 Å². The highest BCUT2D eigenvalue weighted by Crippen LogP contribution is 2.41. The molecule has 1 fully saturated rings. The minimum atomic E-state index is -0.797. The van der Waals surface area contributed by atoms with E-state index in [2.05, 4.69) is 16.5 Å². The Kier molecular flexibility index (Phi) is 2.65. The molecule has 0 aliphatic heterocycles. The molecule has 0 bridgehead atoms. The predicted molar refractivity (Wildman–Crippen MR) is 58.4 cm³/mol. The summed E-state index contributed by atoms with van der Waals surface area (Å²) in [4.78, 5) is 11.9. The third-order valence-corrected chi connectivity index (χ3v) is 3.07. The van der Waals surface area contributed by atoms with Gasteiger partial charge in [-0.25, -0.2) is 0 Å². The Morgan fingerprint density at radius 2 is 2.50 bits per heavy atom. The van der Waals surface area contributed by atoms with Crippen molar-refractivity contribution in [3.63, 3.8) is 0 Å². The highest BCUT2D eigenvalue weighted by atomic mass is 16.2. The summed E-state index contributed by atoms with van der Waals surface area (Å²) in [5.41, 5.74) is -0.137. The van der Waals surface area contributed by atoms with E-state index < -0.39 is 5.41 Å². The number of carbonyl (C=O) groups excluding carboxylic acids is 1. The number of hydrogen-bond acceptors (Lipinski definition) is 3. The van der Waals surface area contributed by atoms with Crippen molar-refractivity contribution in [3.05, 3.63) is 12.4 Å². The van der Waals surface area contributed by atoms with Crippen molar-refractivity contribution in [2.75, 3.05) is 5.32 Å². The number of anilines is 1.